The van der Waals surface area contributed by atoms with Crippen molar-refractivity contribution < 1.29 is 19.5 Å². The summed E-state index contributed by atoms with van der Waals surface area (Å²) in [6, 6.07) is 0. The Morgan fingerprint density at radius 1 is 1.07 bits per heavy atom. The Morgan fingerprint density at radius 3 is 1.86 bits per heavy atom. The number of carbonyl (C=O) groups excluding carboxylic acids is 2. The van der Waals surface area contributed by atoms with Crippen LogP contribution < -0.4 is 0 Å². The van der Waals surface area contributed by atoms with Crippen molar-refractivity contribution in [2.24, 2.45) is 0 Å². The quantitative estimate of drug-likeness (QED) is 0.583. The van der Waals surface area contributed by atoms with E-state index in [1.807, 2.05) is 0 Å². The first kappa shape index (κ1) is 8.93. The number of nitrogens with zero attached hydrogens (tertiary/aromatic N) is 1. The number of carboxylic acid groups (broad SMARTS) is 1. The molecule has 1 N–H and O–H groups in total. The van der Waals surface area contributed by atoms with Gasteiger partial charge in [-0.2, -0.15) is 4.90 Å². The van der Waals surface area contributed by atoms with Crippen LogP contribution in [0.3, 0.4) is 0 Å². The SMILES string of the molecule is O=C(O)N1C(=O)C2=C(CCCC2)C1=O. The van der Waals surface area contributed by atoms with Crippen LogP contribution in [0, 0.1) is 0 Å². The third-order valence-corrected chi connectivity index (χ3v) is 2.58. The molecule has 14 heavy (non-hydrogen) atoms. The second-order valence-corrected chi connectivity index (χ2v) is 3.39. The van der Waals surface area contributed by atoms with E-state index in [1.165, 1.54) is 0 Å². The van der Waals surface area contributed by atoms with E-state index in [0.717, 1.165) is 12.8 Å². The molecule has 0 aromatic carbocycles. The van der Waals surface area contributed by atoms with E-state index in [-0.39, 0.29) is 0 Å². The van der Waals surface area contributed by atoms with Gasteiger partial charge >= 0.3 is 6.09 Å². The Balaban J connectivity index is 2.39. The average Bonchev–Trinajstić information content (AvgIpc) is 2.41. The monoisotopic (exact) mass is 195 g/mol. The average molecular weight is 195 g/mol. The molecule has 5 nitrogen and oxygen atoms in total. The van der Waals surface area contributed by atoms with Gasteiger partial charge in [0.05, 0.1) is 0 Å². The van der Waals surface area contributed by atoms with Crippen molar-refractivity contribution in [1.29, 1.82) is 0 Å². The van der Waals surface area contributed by atoms with Gasteiger partial charge in [-0.3, -0.25) is 9.59 Å². The maximum absolute atomic E-state index is 11.5. The predicted octanol–water partition coefficient (Wildman–Crippen LogP) is 0.904. The summed E-state index contributed by atoms with van der Waals surface area (Å²) < 4.78 is 0. The van der Waals surface area contributed by atoms with Gasteiger partial charge in [-0.05, 0) is 25.7 Å². The van der Waals surface area contributed by atoms with Crippen molar-refractivity contribution >= 4 is 17.9 Å². The van der Waals surface area contributed by atoms with Crippen LogP contribution in [0.2, 0.25) is 0 Å². The minimum Gasteiger partial charge on any atom is -0.464 e. The topological polar surface area (TPSA) is 74.7 Å². The van der Waals surface area contributed by atoms with Gasteiger partial charge in [0.15, 0.2) is 0 Å². The van der Waals surface area contributed by atoms with E-state index >= 15 is 0 Å². The molecular formula is C9H9NO4. The maximum Gasteiger partial charge on any atom is 0.421 e. The molecule has 0 aromatic heterocycles. The first-order valence-electron chi connectivity index (χ1n) is 4.46. The lowest BCUT2D eigenvalue weighted by atomic mass is 9.93. The summed E-state index contributed by atoms with van der Waals surface area (Å²) in [5, 5.41) is 8.66. The minimum atomic E-state index is -1.48. The summed E-state index contributed by atoms with van der Waals surface area (Å²) in [5.74, 6) is -1.28. The van der Waals surface area contributed by atoms with Gasteiger partial charge in [0.25, 0.3) is 11.8 Å². The predicted molar refractivity (Wildman–Crippen MR) is 45.4 cm³/mol. The molecule has 1 aliphatic heterocycles. The molecule has 0 radical (unpaired) electrons. The van der Waals surface area contributed by atoms with Gasteiger partial charge in [-0.15, -0.1) is 0 Å². The molecule has 0 fully saturated rings. The Hall–Kier alpha value is -1.65. The minimum absolute atomic E-state index is 0.315. The second-order valence-electron chi connectivity index (χ2n) is 3.39. The summed E-state index contributed by atoms with van der Waals surface area (Å²) in [5.41, 5.74) is 0.812. The van der Waals surface area contributed by atoms with Gasteiger partial charge in [0.1, 0.15) is 0 Å². The van der Waals surface area contributed by atoms with Crippen molar-refractivity contribution in [3.05, 3.63) is 11.1 Å². The molecule has 0 saturated carbocycles. The molecule has 0 saturated heterocycles. The zero-order valence-electron chi connectivity index (χ0n) is 7.45. The molecular weight excluding hydrogens is 186 g/mol. The number of imide groups is 3. The Kier molecular flexibility index (Phi) is 1.87. The lowest BCUT2D eigenvalue weighted by molar-refractivity contribution is -0.134. The fourth-order valence-electron chi connectivity index (χ4n) is 1.91. The van der Waals surface area contributed by atoms with Gasteiger partial charge in [-0.1, -0.05) is 0 Å². The summed E-state index contributed by atoms with van der Waals surface area (Å²) in [6.45, 7) is 0. The maximum atomic E-state index is 11.5. The van der Waals surface area contributed by atoms with Crippen LogP contribution in [0.15, 0.2) is 11.1 Å². The molecule has 5 heteroatoms. The van der Waals surface area contributed by atoms with Crippen molar-refractivity contribution in [2.75, 3.05) is 0 Å². The molecule has 3 amide bonds. The van der Waals surface area contributed by atoms with E-state index < -0.39 is 17.9 Å². The van der Waals surface area contributed by atoms with Crippen LogP contribution in [-0.2, 0) is 9.59 Å². The first-order valence-corrected chi connectivity index (χ1v) is 4.46. The summed E-state index contributed by atoms with van der Waals surface area (Å²) >= 11 is 0. The number of carbonyl (C=O) groups is 3. The Bertz CT molecular complexity index is 341. The van der Waals surface area contributed by atoms with Gasteiger partial charge in [0, 0.05) is 11.1 Å². The summed E-state index contributed by atoms with van der Waals surface area (Å²) in [7, 11) is 0. The zero-order chi connectivity index (χ0) is 10.3. The number of amides is 3. The van der Waals surface area contributed by atoms with Crippen molar-refractivity contribution in [1.82, 2.24) is 4.90 Å². The lowest BCUT2D eigenvalue weighted by Gasteiger charge is -2.08. The largest absolute Gasteiger partial charge is 0.464 e. The van der Waals surface area contributed by atoms with Crippen LogP contribution in [0.25, 0.3) is 0 Å². The molecule has 0 bridgehead atoms. The molecule has 74 valence electrons. The fraction of sp³-hybridized carbons (Fsp3) is 0.444. The highest BCUT2D eigenvalue weighted by molar-refractivity contribution is 6.26. The highest BCUT2D eigenvalue weighted by Gasteiger charge is 2.42. The zero-order valence-corrected chi connectivity index (χ0v) is 7.45. The number of hydrogen-bond donors (Lipinski definition) is 1. The van der Waals surface area contributed by atoms with Crippen molar-refractivity contribution in [3.8, 4) is 0 Å². The lowest BCUT2D eigenvalue weighted by Crippen LogP contribution is -2.36. The van der Waals surface area contributed by atoms with Crippen LogP contribution in [0.1, 0.15) is 25.7 Å². The molecule has 1 aliphatic carbocycles. The highest BCUT2D eigenvalue weighted by Crippen LogP contribution is 2.32. The second kappa shape index (κ2) is 2.94. The third-order valence-electron chi connectivity index (χ3n) is 2.58. The van der Waals surface area contributed by atoms with Gasteiger partial charge in [-0.25, -0.2) is 4.79 Å². The Morgan fingerprint density at radius 2 is 1.50 bits per heavy atom. The summed E-state index contributed by atoms with van der Waals surface area (Å²) in [4.78, 5) is 33.9. The smallest absolute Gasteiger partial charge is 0.421 e. The van der Waals surface area contributed by atoms with Gasteiger partial charge < -0.3 is 5.11 Å². The Labute approximate surface area is 80.0 Å². The van der Waals surface area contributed by atoms with Gasteiger partial charge in [0.2, 0.25) is 0 Å². The molecule has 2 aliphatic rings. The van der Waals surface area contributed by atoms with E-state index in [9.17, 15) is 14.4 Å². The number of rotatable bonds is 0. The van der Waals surface area contributed by atoms with Crippen LogP contribution in [0.5, 0.6) is 0 Å². The molecule has 2 rings (SSSR count). The number of hydrogen-bond acceptors (Lipinski definition) is 3. The van der Waals surface area contributed by atoms with Crippen LogP contribution in [-0.4, -0.2) is 27.9 Å². The van der Waals surface area contributed by atoms with Crippen molar-refractivity contribution in [2.45, 2.75) is 25.7 Å². The molecule has 1 heterocycles. The standard InChI is InChI=1S/C9H9NO4/c11-7-5-3-1-2-4-6(5)8(12)10(7)9(13)14/h1-4H2,(H,13,14). The summed E-state index contributed by atoms with van der Waals surface area (Å²) in [6.07, 6.45) is 1.29. The molecule has 0 unspecified atom stereocenters. The molecule has 0 aromatic rings. The van der Waals surface area contributed by atoms with Crippen LogP contribution in [0.4, 0.5) is 4.79 Å². The first-order chi connectivity index (χ1) is 6.63. The van der Waals surface area contributed by atoms with Crippen LogP contribution >= 0.6 is 0 Å². The van der Waals surface area contributed by atoms with E-state index in [0.29, 0.717) is 28.9 Å². The highest BCUT2D eigenvalue weighted by atomic mass is 16.4. The third kappa shape index (κ3) is 1.05. The molecule has 0 spiro atoms. The van der Waals surface area contributed by atoms with Crippen molar-refractivity contribution in [3.63, 3.8) is 0 Å². The molecule has 0 atom stereocenters. The fourth-order valence-corrected chi connectivity index (χ4v) is 1.91. The van der Waals surface area contributed by atoms with E-state index in [1.54, 1.807) is 0 Å². The van der Waals surface area contributed by atoms with E-state index in [4.69, 9.17) is 5.11 Å². The van der Waals surface area contributed by atoms with E-state index in [2.05, 4.69) is 0 Å². The normalized spacial score (nSPS) is 21.6.